The van der Waals surface area contributed by atoms with Gasteiger partial charge in [0.1, 0.15) is 0 Å². The molecule has 4 N–H and O–H groups in total. The first-order valence-corrected chi connectivity index (χ1v) is 6.19. The molecular weight excluding hydrogens is 297 g/mol. The highest BCUT2D eigenvalue weighted by molar-refractivity contribution is 5.97. The van der Waals surface area contributed by atoms with E-state index in [1.807, 2.05) is 0 Å². The highest BCUT2D eigenvalue weighted by Crippen LogP contribution is 2.40. The molecule has 2 rings (SSSR count). The van der Waals surface area contributed by atoms with Crippen LogP contribution in [0.2, 0.25) is 0 Å². The molecule has 0 bridgehead atoms. The maximum absolute atomic E-state index is 13.2. The Morgan fingerprint density at radius 2 is 1.82 bits per heavy atom. The van der Waals surface area contributed by atoms with Gasteiger partial charge in [-0.05, 0) is 35.4 Å². The Balaban J connectivity index is 2.75. The number of carbonyl (C=O) groups is 1. The predicted octanol–water partition coefficient (Wildman–Crippen LogP) is 3.32. The molecular formula is C15H13F3N2O2. The van der Waals surface area contributed by atoms with Crippen LogP contribution in [0.5, 0.6) is 0 Å². The minimum atomic E-state index is -4.62. The summed E-state index contributed by atoms with van der Waals surface area (Å²) in [6.07, 6.45) is -4.62. The van der Waals surface area contributed by atoms with Crippen molar-refractivity contribution in [3.05, 3.63) is 47.5 Å². The number of carbonyl (C=O) groups excluding carboxylic acids is 1. The van der Waals surface area contributed by atoms with Crippen molar-refractivity contribution >= 4 is 17.3 Å². The molecule has 0 saturated heterocycles. The Hall–Kier alpha value is -2.70. The van der Waals surface area contributed by atoms with Gasteiger partial charge in [0.25, 0.3) is 0 Å². The molecule has 2 aromatic rings. The third-order valence-electron chi connectivity index (χ3n) is 3.10. The van der Waals surface area contributed by atoms with Gasteiger partial charge < -0.3 is 16.2 Å². The normalized spacial score (nSPS) is 11.3. The van der Waals surface area contributed by atoms with Gasteiger partial charge in [-0.15, -0.1) is 0 Å². The van der Waals surface area contributed by atoms with Crippen LogP contribution < -0.4 is 11.5 Å². The standard InChI is InChI=1S/C15H13F3N2O2/c1-22-14(21)11-6-10(8-3-2-4-9(19)5-8)12(7-13(11)20)15(16,17)18/h2-7H,19-20H2,1H3. The summed E-state index contributed by atoms with van der Waals surface area (Å²) < 4.78 is 44.2. The quantitative estimate of drug-likeness (QED) is 0.659. The summed E-state index contributed by atoms with van der Waals surface area (Å²) in [5.74, 6) is -0.809. The van der Waals surface area contributed by atoms with Gasteiger partial charge in [-0.2, -0.15) is 13.2 Å². The highest BCUT2D eigenvalue weighted by Gasteiger charge is 2.35. The fourth-order valence-corrected chi connectivity index (χ4v) is 2.08. The van der Waals surface area contributed by atoms with Crippen LogP contribution in [-0.4, -0.2) is 13.1 Å². The molecule has 0 fully saturated rings. The lowest BCUT2D eigenvalue weighted by molar-refractivity contribution is -0.137. The number of benzene rings is 2. The molecule has 0 unspecified atom stereocenters. The molecule has 0 saturated carbocycles. The predicted molar refractivity (Wildman–Crippen MR) is 77.0 cm³/mol. The molecule has 22 heavy (non-hydrogen) atoms. The van der Waals surface area contributed by atoms with Crippen molar-refractivity contribution in [3.63, 3.8) is 0 Å². The van der Waals surface area contributed by atoms with Gasteiger partial charge in [0.15, 0.2) is 0 Å². The lowest BCUT2D eigenvalue weighted by atomic mass is 9.95. The third-order valence-corrected chi connectivity index (χ3v) is 3.10. The first kappa shape index (κ1) is 15.7. The number of methoxy groups -OCH3 is 1. The van der Waals surface area contributed by atoms with Gasteiger partial charge in [0, 0.05) is 11.4 Å². The molecule has 0 heterocycles. The van der Waals surface area contributed by atoms with Crippen molar-refractivity contribution in [2.75, 3.05) is 18.6 Å². The second kappa shape index (κ2) is 5.59. The van der Waals surface area contributed by atoms with Gasteiger partial charge in [-0.3, -0.25) is 0 Å². The second-order valence-corrected chi connectivity index (χ2v) is 4.60. The van der Waals surface area contributed by atoms with Gasteiger partial charge in [0.05, 0.1) is 18.2 Å². The van der Waals surface area contributed by atoms with E-state index in [1.54, 1.807) is 6.07 Å². The fourth-order valence-electron chi connectivity index (χ4n) is 2.08. The van der Waals surface area contributed by atoms with Crippen molar-refractivity contribution in [3.8, 4) is 11.1 Å². The number of alkyl halides is 3. The molecule has 0 aromatic heterocycles. The molecule has 4 nitrogen and oxygen atoms in total. The summed E-state index contributed by atoms with van der Waals surface area (Å²) >= 11 is 0. The zero-order valence-electron chi connectivity index (χ0n) is 11.6. The van der Waals surface area contributed by atoms with Crippen LogP contribution in [0.1, 0.15) is 15.9 Å². The van der Waals surface area contributed by atoms with Crippen LogP contribution in [0.3, 0.4) is 0 Å². The van der Waals surface area contributed by atoms with E-state index < -0.39 is 17.7 Å². The van der Waals surface area contributed by atoms with Crippen molar-refractivity contribution in [1.29, 1.82) is 0 Å². The van der Waals surface area contributed by atoms with Gasteiger partial charge in [-0.25, -0.2) is 4.79 Å². The average Bonchev–Trinajstić information content (AvgIpc) is 2.45. The first-order chi connectivity index (χ1) is 10.2. The number of anilines is 2. The first-order valence-electron chi connectivity index (χ1n) is 6.19. The molecule has 0 atom stereocenters. The summed E-state index contributed by atoms with van der Waals surface area (Å²) in [5.41, 5.74) is 10.1. The lowest BCUT2D eigenvalue weighted by Crippen LogP contribution is -2.12. The number of halogens is 3. The average molecular weight is 310 g/mol. The van der Waals surface area contributed by atoms with Crippen molar-refractivity contribution in [1.82, 2.24) is 0 Å². The van der Waals surface area contributed by atoms with Crippen LogP contribution in [0.25, 0.3) is 11.1 Å². The minimum Gasteiger partial charge on any atom is -0.465 e. The highest BCUT2D eigenvalue weighted by atomic mass is 19.4. The summed E-state index contributed by atoms with van der Waals surface area (Å²) in [4.78, 5) is 11.6. The van der Waals surface area contributed by atoms with Crippen molar-refractivity contribution < 1.29 is 22.7 Å². The van der Waals surface area contributed by atoms with Gasteiger partial charge in [0.2, 0.25) is 0 Å². The summed E-state index contributed by atoms with van der Waals surface area (Å²) in [6, 6.07) is 7.73. The summed E-state index contributed by atoms with van der Waals surface area (Å²) in [6.45, 7) is 0. The molecule has 0 amide bonds. The van der Waals surface area contributed by atoms with Gasteiger partial charge in [-0.1, -0.05) is 12.1 Å². The van der Waals surface area contributed by atoms with E-state index in [2.05, 4.69) is 4.74 Å². The number of hydrogen-bond acceptors (Lipinski definition) is 4. The van der Waals surface area contributed by atoms with E-state index in [-0.39, 0.29) is 22.4 Å². The molecule has 0 aliphatic heterocycles. The molecule has 0 aliphatic carbocycles. The number of nitrogens with two attached hydrogens (primary N) is 2. The Morgan fingerprint density at radius 1 is 1.14 bits per heavy atom. The number of ether oxygens (including phenoxy) is 1. The molecule has 0 spiro atoms. The molecule has 7 heteroatoms. The van der Waals surface area contributed by atoms with Crippen LogP contribution >= 0.6 is 0 Å². The molecule has 116 valence electrons. The third kappa shape index (κ3) is 2.98. The van der Waals surface area contributed by atoms with Crippen molar-refractivity contribution in [2.45, 2.75) is 6.18 Å². The zero-order valence-corrected chi connectivity index (χ0v) is 11.6. The second-order valence-electron chi connectivity index (χ2n) is 4.60. The maximum atomic E-state index is 13.2. The lowest BCUT2D eigenvalue weighted by Gasteiger charge is -2.16. The van der Waals surface area contributed by atoms with E-state index in [0.717, 1.165) is 19.2 Å². The Morgan fingerprint density at radius 3 is 2.36 bits per heavy atom. The van der Waals surface area contributed by atoms with E-state index in [9.17, 15) is 18.0 Å². The zero-order chi connectivity index (χ0) is 16.5. The van der Waals surface area contributed by atoms with E-state index >= 15 is 0 Å². The summed E-state index contributed by atoms with van der Waals surface area (Å²) in [7, 11) is 1.12. The minimum absolute atomic E-state index is 0.132. The number of hydrogen-bond donors (Lipinski definition) is 2. The van der Waals surface area contributed by atoms with Crippen molar-refractivity contribution in [2.24, 2.45) is 0 Å². The Bertz CT molecular complexity index is 727. The van der Waals surface area contributed by atoms with E-state index in [0.29, 0.717) is 5.69 Å². The van der Waals surface area contributed by atoms with E-state index in [1.165, 1.54) is 18.2 Å². The number of rotatable bonds is 2. The van der Waals surface area contributed by atoms with Crippen LogP contribution in [0.15, 0.2) is 36.4 Å². The topological polar surface area (TPSA) is 78.3 Å². The SMILES string of the molecule is COC(=O)c1cc(-c2cccc(N)c2)c(C(F)(F)F)cc1N. The maximum Gasteiger partial charge on any atom is 0.417 e. The monoisotopic (exact) mass is 310 g/mol. The van der Waals surface area contributed by atoms with Crippen LogP contribution in [0, 0.1) is 0 Å². The summed E-state index contributed by atoms with van der Waals surface area (Å²) in [5, 5.41) is 0. The fraction of sp³-hybridized carbons (Fsp3) is 0.133. The molecule has 0 aliphatic rings. The number of nitrogen functional groups attached to an aromatic ring is 2. The number of esters is 1. The van der Waals surface area contributed by atoms with Crippen LogP contribution in [0.4, 0.5) is 24.5 Å². The largest absolute Gasteiger partial charge is 0.465 e. The van der Waals surface area contributed by atoms with E-state index in [4.69, 9.17) is 11.5 Å². The Labute approximate surface area is 124 Å². The van der Waals surface area contributed by atoms with Crippen LogP contribution in [-0.2, 0) is 10.9 Å². The molecule has 0 radical (unpaired) electrons. The smallest absolute Gasteiger partial charge is 0.417 e. The Kier molecular flexibility index (Phi) is 3.99. The van der Waals surface area contributed by atoms with Gasteiger partial charge >= 0.3 is 12.1 Å². The molecule has 2 aromatic carbocycles.